The third kappa shape index (κ3) is 2.21. The van der Waals surface area contributed by atoms with Gasteiger partial charge in [-0.2, -0.15) is 0 Å². The minimum absolute atomic E-state index is 0.801. The van der Waals surface area contributed by atoms with E-state index in [9.17, 15) is 4.79 Å². The van der Waals surface area contributed by atoms with Gasteiger partial charge in [-0.25, -0.2) is 4.79 Å². The summed E-state index contributed by atoms with van der Waals surface area (Å²) in [5.41, 5.74) is 3.99. The zero-order valence-electron chi connectivity index (χ0n) is 11.5. The summed E-state index contributed by atoms with van der Waals surface area (Å²) in [5, 5.41) is 9.79. The van der Waals surface area contributed by atoms with Crippen LogP contribution in [-0.4, -0.2) is 22.8 Å². The number of methoxy groups -OCH3 is 1. The lowest BCUT2D eigenvalue weighted by molar-refractivity contribution is -0.131. The highest BCUT2D eigenvalue weighted by atomic mass is 16.5. The lowest BCUT2D eigenvalue weighted by Crippen LogP contribution is -1.94. The van der Waals surface area contributed by atoms with Crippen LogP contribution in [0.3, 0.4) is 0 Å². The van der Waals surface area contributed by atoms with Gasteiger partial charge in [0.25, 0.3) is 0 Å². The predicted octanol–water partition coefficient (Wildman–Crippen LogP) is 2.90. The van der Waals surface area contributed by atoms with Crippen molar-refractivity contribution in [3.05, 3.63) is 35.0 Å². The summed E-state index contributed by atoms with van der Waals surface area (Å²) in [6.45, 7) is 3.96. The van der Waals surface area contributed by atoms with Crippen molar-refractivity contribution in [2.75, 3.05) is 7.11 Å². The van der Waals surface area contributed by atoms with Crippen LogP contribution in [0, 0.1) is 13.8 Å². The molecule has 0 aliphatic rings. The molecular weight excluding hydrogens is 242 g/mol. The number of aromatic nitrogens is 1. The van der Waals surface area contributed by atoms with Crippen molar-refractivity contribution < 1.29 is 14.6 Å². The first-order valence-corrected chi connectivity index (χ1v) is 6.00. The molecule has 1 N–H and O–H groups in total. The van der Waals surface area contributed by atoms with Gasteiger partial charge in [0.15, 0.2) is 0 Å². The fraction of sp³-hybridized carbons (Fsp3) is 0.267. The van der Waals surface area contributed by atoms with E-state index >= 15 is 0 Å². The molecule has 0 unspecified atom stereocenters. The monoisotopic (exact) mass is 259 g/mol. The van der Waals surface area contributed by atoms with Crippen LogP contribution in [0.15, 0.2) is 18.2 Å². The Morgan fingerprint density at radius 1 is 1.37 bits per heavy atom. The number of carboxylic acids is 1. The van der Waals surface area contributed by atoms with Gasteiger partial charge in [-0.1, -0.05) is 0 Å². The van der Waals surface area contributed by atoms with Crippen LogP contribution in [0.5, 0.6) is 5.75 Å². The van der Waals surface area contributed by atoms with Gasteiger partial charge in [-0.15, -0.1) is 0 Å². The SMILES string of the molecule is COc1cc(C)cc2c(/C=C/C(=O)O)c(C)n(C)c12. The Balaban J connectivity index is 2.81. The number of carbonyl (C=O) groups is 1. The number of aliphatic carboxylic acids is 1. The van der Waals surface area contributed by atoms with Crippen molar-refractivity contribution in [1.82, 2.24) is 4.57 Å². The highest BCUT2D eigenvalue weighted by Crippen LogP contribution is 2.34. The molecule has 4 nitrogen and oxygen atoms in total. The first kappa shape index (κ1) is 13.2. The maximum atomic E-state index is 10.7. The molecule has 100 valence electrons. The van der Waals surface area contributed by atoms with Crippen molar-refractivity contribution in [2.24, 2.45) is 7.05 Å². The Bertz CT molecular complexity index is 680. The van der Waals surface area contributed by atoms with Crippen LogP contribution in [0.1, 0.15) is 16.8 Å². The molecule has 2 rings (SSSR count). The largest absolute Gasteiger partial charge is 0.495 e. The van der Waals surface area contributed by atoms with E-state index in [1.807, 2.05) is 37.6 Å². The third-order valence-corrected chi connectivity index (χ3v) is 3.35. The predicted molar refractivity (Wildman–Crippen MR) is 75.6 cm³/mol. The number of ether oxygens (including phenoxy) is 1. The minimum atomic E-state index is -0.948. The fourth-order valence-corrected chi connectivity index (χ4v) is 2.36. The molecular formula is C15H17NO3. The van der Waals surface area contributed by atoms with Crippen molar-refractivity contribution in [3.8, 4) is 5.75 Å². The number of aryl methyl sites for hydroxylation is 2. The molecule has 0 radical (unpaired) electrons. The Morgan fingerprint density at radius 3 is 2.63 bits per heavy atom. The molecule has 1 heterocycles. The molecule has 1 aromatic heterocycles. The zero-order valence-corrected chi connectivity index (χ0v) is 11.5. The van der Waals surface area contributed by atoms with Crippen LogP contribution >= 0.6 is 0 Å². The molecule has 0 aliphatic carbocycles. The van der Waals surface area contributed by atoms with Gasteiger partial charge in [0.05, 0.1) is 12.6 Å². The van der Waals surface area contributed by atoms with Crippen LogP contribution in [0.2, 0.25) is 0 Å². The van der Waals surface area contributed by atoms with E-state index in [-0.39, 0.29) is 0 Å². The average molecular weight is 259 g/mol. The first-order valence-electron chi connectivity index (χ1n) is 6.00. The van der Waals surface area contributed by atoms with Crippen LogP contribution < -0.4 is 4.74 Å². The molecule has 0 fully saturated rings. The summed E-state index contributed by atoms with van der Waals surface area (Å²) in [4.78, 5) is 10.7. The molecule has 0 bridgehead atoms. The fourth-order valence-electron chi connectivity index (χ4n) is 2.36. The second-order valence-electron chi connectivity index (χ2n) is 4.59. The molecule has 1 aromatic carbocycles. The van der Waals surface area contributed by atoms with Gasteiger partial charge in [0, 0.05) is 29.8 Å². The summed E-state index contributed by atoms with van der Waals surface area (Å²) < 4.78 is 7.44. The summed E-state index contributed by atoms with van der Waals surface area (Å²) in [5.74, 6) is -0.147. The third-order valence-electron chi connectivity index (χ3n) is 3.35. The molecule has 0 spiro atoms. The molecule has 0 saturated carbocycles. The average Bonchev–Trinajstić information content (AvgIpc) is 2.58. The molecule has 2 aromatic rings. The highest BCUT2D eigenvalue weighted by Gasteiger charge is 2.14. The lowest BCUT2D eigenvalue weighted by atomic mass is 10.1. The van der Waals surface area contributed by atoms with Crippen molar-refractivity contribution in [3.63, 3.8) is 0 Å². The smallest absolute Gasteiger partial charge is 0.328 e. The lowest BCUT2D eigenvalue weighted by Gasteiger charge is -2.06. The van der Waals surface area contributed by atoms with Gasteiger partial charge in [-0.05, 0) is 37.6 Å². The van der Waals surface area contributed by atoms with Gasteiger partial charge >= 0.3 is 5.97 Å². The summed E-state index contributed by atoms with van der Waals surface area (Å²) in [6, 6.07) is 4.03. The second kappa shape index (κ2) is 4.80. The molecule has 19 heavy (non-hydrogen) atoms. The van der Waals surface area contributed by atoms with Crippen molar-refractivity contribution in [2.45, 2.75) is 13.8 Å². The number of carboxylic acid groups (broad SMARTS) is 1. The minimum Gasteiger partial charge on any atom is -0.495 e. The van der Waals surface area contributed by atoms with Gasteiger partial charge in [-0.3, -0.25) is 0 Å². The second-order valence-corrected chi connectivity index (χ2v) is 4.59. The quantitative estimate of drug-likeness (QED) is 0.862. The van der Waals surface area contributed by atoms with E-state index in [4.69, 9.17) is 9.84 Å². The summed E-state index contributed by atoms with van der Waals surface area (Å²) in [7, 11) is 3.59. The highest BCUT2D eigenvalue weighted by molar-refractivity contribution is 5.98. The standard InChI is InChI=1S/C15H17NO3/c1-9-7-12-11(5-6-14(17)18)10(2)16(3)15(12)13(8-9)19-4/h5-8H,1-4H3,(H,17,18)/b6-5+. The van der Waals surface area contributed by atoms with E-state index in [0.29, 0.717) is 0 Å². The molecule has 0 aliphatic heterocycles. The Labute approximate surface area is 111 Å². The van der Waals surface area contributed by atoms with Crippen LogP contribution in [0.4, 0.5) is 0 Å². The molecule has 0 amide bonds. The van der Waals surface area contributed by atoms with Crippen molar-refractivity contribution >= 4 is 22.9 Å². The zero-order chi connectivity index (χ0) is 14.2. The topological polar surface area (TPSA) is 51.5 Å². The first-order chi connectivity index (χ1) is 8.95. The Hall–Kier alpha value is -2.23. The van der Waals surface area contributed by atoms with Crippen LogP contribution in [0.25, 0.3) is 17.0 Å². The molecule has 0 atom stereocenters. The van der Waals surface area contributed by atoms with Gasteiger partial charge < -0.3 is 14.4 Å². The van der Waals surface area contributed by atoms with E-state index in [1.54, 1.807) is 13.2 Å². The van der Waals surface area contributed by atoms with E-state index in [2.05, 4.69) is 0 Å². The Morgan fingerprint density at radius 2 is 2.05 bits per heavy atom. The van der Waals surface area contributed by atoms with Crippen molar-refractivity contribution in [1.29, 1.82) is 0 Å². The normalized spacial score (nSPS) is 11.4. The van der Waals surface area contributed by atoms with Crippen LogP contribution in [-0.2, 0) is 11.8 Å². The number of rotatable bonds is 3. The van der Waals surface area contributed by atoms with Gasteiger partial charge in [0.1, 0.15) is 5.75 Å². The maximum Gasteiger partial charge on any atom is 0.328 e. The number of fused-ring (bicyclic) bond motifs is 1. The van der Waals surface area contributed by atoms with E-state index in [0.717, 1.165) is 39.5 Å². The van der Waals surface area contributed by atoms with E-state index < -0.39 is 5.97 Å². The maximum absolute atomic E-state index is 10.7. The summed E-state index contributed by atoms with van der Waals surface area (Å²) >= 11 is 0. The molecule has 0 saturated heterocycles. The Kier molecular flexibility index (Phi) is 3.34. The summed E-state index contributed by atoms with van der Waals surface area (Å²) in [6.07, 6.45) is 2.80. The van der Waals surface area contributed by atoms with Gasteiger partial charge in [0.2, 0.25) is 0 Å². The number of nitrogens with zero attached hydrogens (tertiary/aromatic N) is 1. The number of hydrogen-bond donors (Lipinski definition) is 1. The molecule has 4 heteroatoms. The number of hydrogen-bond acceptors (Lipinski definition) is 2. The van der Waals surface area contributed by atoms with E-state index in [1.165, 1.54) is 0 Å². The number of benzene rings is 1.